The molecule has 51 heavy (non-hydrogen) atoms. The zero-order valence-electron chi connectivity index (χ0n) is 30.0. The van der Waals surface area contributed by atoms with Gasteiger partial charge in [0.1, 0.15) is 30.5 Å². The molecule has 1 aliphatic rings. The third-order valence-corrected chi connectivity index (χ3v) is 8.89. The van der Waals surface area contributed by atoms with Gasteiger partial charge in [0.25, 0.3) is 5.78 Å². The van der Waals surface area contributed by atoms with Crippen LogP contribution in [0.1, 0.15) is 62.5 Å². The molecule has 3 heterocycles. The predicted molar refractivity (Wildman–Crippen MR) is 187 cm³/mol. The summed E-state index contributed by atoms with van der Waals surface area (Å²) in [4.78, 5) is 89.8. The van der Waals surface area contributed by atoms with Crippen LogP contribution in [-0.2, 0) is 41.6 Å². The second-order valence-electron chi connectivity index (χ2n) is 13.3. The van der Waals surface area contributed by atoms with Crippen molar-refractivity contribution in [1.82, 2.24) is 51.1 Å². The van der Waals surface area contributed by atoms with Gasteiger partial charge in [0.2, 0.25) is 35.4 Å². The molecular weight excluding hydrogens is 656 g/mol. The summed E-state index contributed by atoms with van der Waals surface area (Å²) in [7, 11) is 1.47. The smallest absolute Gasteiger partial charge is 0.252 e. The summed E-state index contributed by atoms with van der Waals surface area (Å²) in [6, 6.07) is 5.00. The van der Waals surface area contributed by atoms with E-state index in [0.717, 1.165) is 22.5 Å². The molecule has 5 N–H and O–H groups in total. The molecule has 0 saturated carbocycles. The monoisotopic (exact) mass is 704 g/mol. The number of aromatic nitrogens is 4. The molecule has 4 atom stereocenters. The summed E-state index contributed by atoms with van der Waals surface area (Å²) < 4.78 is 1.60. The molecule has 4 rings (SSSR count). The van der Waals surface area contributed by atoms with Gasteiger partial charge in [0.05, 0.1) is 6.54 Å². The number of hydrogen-bond acceptors (Lipinski definition) is 9. The van der Waals surface area contributed by atoms with Crippen LogP contribution in [0.5, 0.6) is 0 Å². The maximum atomic E-state index is 13.7. The SMILES string of the molecule is Cc1nc2ncnn2c(C)c1CCC(=O)N[C@H]1CCCNC(=O)CN(C)C(=O)[C@H](Cc2ccccc2)NC(=O)[C@@H](C)NC(=O)[C@@H](C(C)C)NC1=O. The normalized spacial score (nSPS) is 21.7. The number of likely N-dealkylation sites (N-methyl/N-ethyl adjacent to an activating group) is 1. The zero-order valence-corrected chi connectivity index (χ0v) is 30.0. The standard InChI is InChI=1S/C35H48N10O6/c1-20(2)30-33(50)39-22(4)31(48)42-27(17-24-11-8-7-9-12-24)34(51)44(6)18-29(47)36-16-10-13-26(32(49)43-30)41-28(46)15-14-25-21(3)40-35-37-19-38-45(35)23(25)5/h7-9,11-12,19-20,22,26-27,30H,10,13-18H2,1-6H3,(H,36,47)(H,39,50)(H,41,46)(H,42,48)(H,43,49)/t22-,26+,27+,30-/m1/s1. The molecule has 2 aromatic heterocycles. The number of hydrogen-bond donors (Lipinski definition) is 5. The summed E-state index contributed by atoms with van der Waals surface area (Å²) in [6.07, 6.45) is 2.44. The lowest BCUT2D eigenvalue weighted by Gasteiger charge is -2.28. The summed E-state index contributed by atoms with van der Waals surface area (Å²) in [5, 5.41) is 17.9. The lowest BCUT2D eigenvalue weighted by molar-refractivity contribution is -0.139. The van der Waals surface area contributed by atoms with Crippen LogP contribution in [0.25, 0.3) is 5.78 Å². The highest BCUT2D eigenvalue weighted by atomic mass is 16.2. The Balaban J connectivity index is 1.50. The molecule has 0 unspecified atom stereocenters. The second-order valence-corrected chi connectivity index (χ2v) is 13.3. The van der Waals surface area contributed by atoms with E-state index < -0.39 is 53.7 Å². The first kappa shape index (κ1) is 38.4. The van der Waals surface area contributed by atoms with Crippen molar-refractivity contribution < 1.29 is 28.8 Å². The second kappa shape index (κ2) is 17.5. The van der Waals surface area contributed by atoms with Gasteiger partial charge in [-0.05, 0) is 57.1 Å². The van der Waals surface area contributed by atoms with Gasteiger partial charge in [0.15, 0.2) is 0 Å². The quantitative estimate of drug-likeness (QED) is 0.222. The van der Waals surface area contributed by atoms with Crippen molar-refractivity contribution in [3.8, 4) is 0 Å². The van der Waals surface area contributed by atoms with Gasteiger partial charge in [-0.15, -0.1) is 0 Å². The Morgan fingerprint density at radius 3 is 2.43 bits per heavy atom. The van der Waals surface area contributed by atoms with E-state index in [4.69, 9.17) is 0 Å². The number of amides is 6. The van der Waals surface area contributed by atoms with Crippen LogP contribution in [-0.4, -0.2) is 104 Å². The number of benzene rings is 1. The fraction of sp³-hybridized carbons (Fsp3) is 0.514. The van der Waals surface area contributed by atoms with Crippen molar-refractivity contribution in [3.05, 3.63) is 59.2 Å². The first-order chi connectivity index (χ1) is 24.2. The average Bonchev–Trinajstić information content (AvgIpc) is 3.56. The van der Waals surface area contributed by atoms with E-state index in [-0.39, 0.29) is 44.2 Å². The fourth-order valence-electron chi connectivity index (χ4n) is 5.94. The molecule has 1 saturated heterocycles. The molecule has 274 valence electrons. The van der Waals surface area contributed by atoms with E-state index in [1.807, 2.05) is 44.2 Å². The van der Waals surface area contributed by atoms with E-state index in [9.17, 15) is 28.8 Å². The molecule has 1 aromatic carbocycles. The first-order valence-corrected chi connectivity index (χ1v) is 17.2. The van der Waals surface area contributed by atoms with Crippen molar-refractivity contribution in [2.75, 3.05) is 20.1 Å². The minimum Gasteiger partial charge on any atom is -0.355 e. The minimum absolute atomic E-state index is 0.0520. The zero-order chi connectivity index (χ0) is 37.2. The molecule has 0 radical (unpaired) electrons. The van der Waals surface area contributed by atoms with Crippen molar-refractivity contribution in [1.29, 1.82) is 0 Å². The molecule has 1 fully saturated rings. The summed E-state index contributed by atoms with van der Waals surface area (Å²) in [6.45, 7) is 8.58. The van der Waals surface area contributed by atoms with Gasteiger partial charge >= 0.3 is 0 Å². The Bertz CT molecular complexity index is 1740. The van der Waals surface area contributed by atoms with Crippen molar-refractivity contribution in [2.45, 2.75) is 90.9 Å². The molecule has 16 nitrogen and oxygen atoms in total. The van der Waals surface area contributed by atoms with Crippen LogP contribution in [0.15, 0.2) is 36.7 Å². The van der Waals surface area contributed by atoms with E-state index in [1.54, 1.807) is 18.4 Å². The number of nitrogens with one attached hydrogen (secondary N) is 5. The Morgan fingerprint density at radius 2 is 1.73 bits per heavy atom. The van der Waals surface area contributed by atoms with Crippen LogP contribution in [0, 0.1) is 19.8 Å². The molecule has 16 heteroatoms. The van der Waals surface area contributed by atoms with Crippen LogP contribution in [0.3, 0.4) is 0 Å². The number of rotatable bonds is 7. The van der Waals surface area contributed by atoms with E-state index in [0.29, 0.717) is 18.6 Å². The number of aryl methyl sites for hydroxylation is 2. The molecule has 0 aliphatic carbocycles. The predicted octanol–water partition coefficient (Wildman–Crippen LogP) is -0.100. The summed E-state index contributed by atoms with van der Waals surface area (Å²) >= 11 is 0. The lowest BCUT2D eigenvalue weighted by Crippen LogP contribution is -2.59. The van der Waals surface area contributed by atoms with Crippen molar-refractivity contribution >= 4 is 41.2 Å². The third kappa shape index (κ3) is 10.3. The highest BCUT2D eigenvalue weighted by Gasteiger charge is 2.32. The van der Waals surface area contributed by atoms with Crippen LogP contribution in [0.4, 0.5) is 0 Å². The summed E-state index contributed by atoms with van der Waals surface area (Å²) in [5.41, 5.74) is 3.16. The van der Waals surface area contributed by atoms with Gasteiger partial charge in [-0.2, -0.15) is 10.1 Å². The Morgan fingerprint density at radius 1 is 1.00 bits per heavy atom. The molecular formula is C35H48N10O6. The van der Waals surface area contributed by atoms with E-state index in [1.165, 1.54) is 25.2 Å². The molecule has 0 spiro atoms. The number of carbonyl (C=O) groups is 6. The highest BCUT2D eigenvalue weighted by Crippen LogP contribution is 2.15. The maximum Gasteiger partial charge on any atom is 0.252 e. The third-order valence-electron chi connectivity index (χ3n) is 8.89. The molecule has 3 aromatic rings. The first-order valence-electron chi connectivity index (χ1n) is 17.2. The van der Waals surface area contributed by atoms with Crippen molar-refractivity contribution in [2.24, 2.45) is 5.92 Å². The Labute approximate surface area is 296 Å². The molecule has 6 amide bonds. The van der Waals surface area contributed by atoms with Gasteiger partial charge in [-0.1, -0.05) is 44.2 Å². The number of fused-ring (bicyclic) bond motifs is 1. The van der Waals surface area contributed by atoms with E-state index >= 15 is 0 Å². The molecule has 1 aliphatic heterocycles. The van der Waals surface area contributed by atoms with E-state index in [2.05, 4.69) is 41.7 Å². The van der Waals surface area contributed by atoms with Gasteiger partial charge < -0.3 is 31.5 Å². The van der Waals surface area contributed by atoms with Crippen molar-refractivity contribution in [3.63, 3.8) is 0 Å². The minimum atomic E-state index is -1.07. The van der Waals surface area contributed by atoms with Crippen LogP contribution in [0.2, 0.25) is 0 Å². The Hall–Kier alpha value is -5.41. The number of carbonyl (C=O) groups excluding carboxylic acids is 6. The van der Waals surface area contributed by atoms with Gasteiger partial charge in [-0.3, -0.25) is 28.8 Å². The lowest BCUT2D eigenvalue weighted by atomic mass is 10.0. The van der Waals surface area contributed by atoms with Crippen LogP contribution < -0.4 is 26.6 Å². The topological polar surface area (TPSA) is 209 Å². The number of nitrogens with zero attached hydrogens (tertiary/aromatic N) is 5. The molecule has 0 bridgehead atoms. The Kier molecular flexibility index (Phi) is 13.2. The fourth-order valence-corrected chi connectivity index (χ4v) is 5.94. The largest absolute Gasteiger partial charge is 0.355 e. The summed E-state index contributed by atoms with van der Waals surface area (Å²) in [5.74, 6) is -2.98. The maximum absolute atomic E-state index is 13.7. The van der Waals surface area contributed by atoms with Gasteiger partial charge in [-0.25, -0.2) is 9.50 Å². The van der Waals surface area contributed by atoms with Gasteiger partial charge in [0, 0.05) is 37.8 Å². The van der Waals surface area contributed by atoms with Crippen LogP contribution >= 0.6 is 0 Å². The highest BCUT2D eigenvalue weighted by molar-refractivity contribution is 5.96. The average molecular weight is 705 g/mol.